The molecule has 0 fully saturated rings. The van der Waals surface area contributed by atoms with Gasteiger partial charge in [0.05, 0.1) is 20.0 Å². The van der Waals surface area contributed by atoms with Crippen LogP contribution in [-0.2, 0) is 7.05 Å². The summed E-state index contributed by atoms with van der Waals surface area (Å²) in [6.07, 6.45) is 0. The topological polar surface area (TPSA) is 48.9 Å². The standard InChI is InChI=1S/C11H8Br2N2O/c1-5-6(4-14)9-8(15(5)2)3-7(12)11(16)10(9)13/h3,16H,1-2H3. The molecule has 0 spiro atoms. The van der Waals surface area contributed by atoms with Gasteiger partial charge in [-0.1, -0.05) is 0 Å². The Hall–Kier alpha value is -0.990. The Morgan fingerprint density at radius 3 is 2.62 bits per heavy atom. The quantitative estimate of drug-likeness (QED) is 0.794. The van der Waals surface area contributed by atoms with Gasteiger partial charge in [0, 0.05) is 18.1 Å². The minimum atomic E-state index is 0.120. The first-order chi connectivity index (χ1) is 7.49. The summed E-state index contributed by atoms with van der Waals surface area (Å²) in [5.41, 5.74) is 2.38. The van der Waals surface area contributed by atoms with Crippen LogP contribution in [0.25, 0.3) is 10.9 Å². The number of phenols is 1. The molecule has 0 bridgehead atoms. The van der Waals surface area contributed by atoms with E-state index >= 15 is 0 Å². The number of nitrogens with zero attached hydrogens (tertiary/aromatic N) is 2. The van der Waals surface area contributed by atoms with Gasteiger partial charge in [-0.3, -0.25) is 0 Å². The molecule has 82 valence electrons. The van der Waals surface area contributed by atoms with Gasteiger partial charge in [0.25, 0.3) is 0 Å². The molecule has 1 N–H and O–H groups in total. The van der Waals surface area contributed by atoms with Gasteiger partial charge in [-0.05, 0) is 44.8 Å². The van der Waals surface area contributed by atoms with E-state index in [1.54, 1.807) is 0 Å². The number of phenolic OH excluding ortho intramolecular Hbond substituents is 1. The third kappa shape index (κ3) is 1.37. The lowest BCUT2D eigenvalue weighted by atomic mass is 10.1. The Morgan fingerprint density at radius 1 is 1.44 bits per heavy atom. The monoisotopic (exact) mass is 342 g/mol. The summed E-state index contributed by atoms with van der Waals surface area (Å²) < 4.78 is 3.09. The van der Waals surface area contributed by atoms with Crippen molar-refractivity contribution in [3.8, 4) is 11.8 Å². The Morgan fingerprint density at radius 2 is 2.06 bits per heavy atom. The summed E-state index contributed by atoms with van der Waals surface area (Å²) in [4.78, 5) is 0. The highest BCUT2D eigenvalue weighted by molar-refractivity contribution is 9.11. The van der Waals surface area contributed by atoms with Crippen molar-refractivity contribution in [2.24, 2.45) is 7.05 Å². The molecule has 0 unspecified atom stereocenters. The first kappa shape index (κ1) is 11.5. The van der Waals surface area contributed by atoms with E-state index in [9.17, 15) is 5.11 Å². The predicted molar refractivity (Wildman–Crippen MR) is 69.4 cm³/mol. The Labute approximate surface area is 110 Å². The summed E-state index contributed by atoms with van der Waals surface area (Å²) >= 11 is 6.61. The fraction of sp³-hybridized carbons (Fsp3) is 0.182. The van der Waals surface area contributed by atoms with Crippen LogP contribution in [0.3, 0.4) is 0 Å². The SMILES string of the molecule is Cc1c(C#N)c2c(Br)c(O)c(Br)cc2n1C. The molecule has 1 aromatic carbocycles. The second kappa shape index (κ2) is 3.79. The van der Waals surface area contributed by atoms with Crippen LogP contribution in [0, 0.1) is 18.3 Å². The second-order valence-electron chi connectivity index (χ2n) is 3.55. The molecule has 3 nitrogen and oxygen atoms in total. The molecule has 0 aliphatic heterocycles. The molecule has 1 heterocycles. The number of rotatable bonds is 0. The number of aryl methyl sites for hydroxylation is 1. The molecule has 1 aromatic heterocycles. The lowest BCUT2D eigenvalue weighted by molar-refractivity contribution is 0.469. The largest absolute Gasteiger partial charge is 0.506 e. The molecular formula is C11H8Br2N2O. The van der Waals surface area contributed by atoms with Crippen molar-refractivity contribution in [3.05, 3.63) is 26.3 Å². The van der Waals surface area contributed by atoms with Crippen LogP contribution >= 0.6 is 31.9 Å². The summed E-state index contributed by atoms with van der Waals surface area (Å²) in [7, 11) is 1.90. The first-order valence-corrected chi connectivity index (χ1v) is 6.13. The van der Waals surface area contributed by atoms with Gasteiger partial charge in [0.2, 0.25) is 0 Å². The minimum absolute atomic E-state index is 0.120. The van der Waals surface area contributed by atoms with E-state index in [1.807, 2.05) is 24.6 Å². The highest BCUT2D eigenvalue weighted by Gasteiger charge is 2.18. The molecule has 0 saturated carbocycles. The second-order valence-corrected chi connectivity index (χ2v) is 5.19. The number of fused-ring (bicyclic) bond motifs is 1. The third-order valence-corrected chi connectivity index (χ3v) is 4.14. The first-order valence-electron chi connectivity index (χ1n) is 4.55. The van der Waals surface area contributed by atoms with Crippen LogP contribution in [0.5, 0.6) is 5.75 Å². The average molecular weight is 344 g/mol. The van der Waals surface area contributed by atoms with Crippen LogP contribution in [0.4, 0.5) is 0 Å². The fourth-order valence-electron chi connectivity index (χ4n) is 1.76. The van der Waals surface area contributed by atoms with Crippen molar-refractivity contribution in [2.45, 2.75) is 6.92 Å². The number of benzene rings is 1. The highest BCUT2D eigenvalue weighted by Crippen LogP contribution is 2.41. The molecule has 0 saturated heterocycles. The van der Waals surface area contributed by atoms with Crippen molar-refractivity contribution in [2.75, 3.05) is 0 Å². The molecule has 0 radical (unpaired) electrons. The van der Waals surface area contributed by atoms with E-state index in [1.165, 1.54) is 0 Å². The van der Waals surface area contributed by atoms with Crippen molar-refractivity contribution in [1.82, 2.24) is 4.57 Å². The maximum Gasteiger partial charge on any atom is 0.144 e. The molecule has 0 aliphatic carbocycles. The molecule has 0 aliphatic rings. The number of hydrogen-bond donors (Lipinski definition) is 1. The number of halogens is 2. The van der Waals surface area contributed by atoms with Crippen molar-refractivity contribution < 1.29 is 5.11 Å². The molecule has 5 heteroatoms. The Bertz CT molecular complexity index is 638. The predicted octanol–water partition coefficient (Wildman–Crippen LogP) is 3.59. The maximum atomic E-state index is 9.81. The summed E-state index contributed by atoms with van der Waals surface area (Å²) in [5.74, 6) is 0.120. The number of nitriles is 1. The van der Waals surface area contributed by atoms with Gasteiger partial charge in [-0.15, -0.1) is 0 Å². The van der Waals surface area contributed by atoms with Crippen LogP contribution in [0.15, 0.2) is 15.0 Å². The Kier molecular flexibility index (Phi) is 2.72. The van der Waals surface area contributed by atoms with Crippen LogP contribution in [-0.4, -0.2) is 9.67 Å². The van der Waals surface area contributed by atoms with Crippen LogP contribution < -0.4 is 0 Å². The van der Waals surface area contributed by atoms with Crippen LogP contribution in [0.2, 0.25) is 0 Å². The average Bonchev–Trinajstić information content (AvgIpc) is 2.50. The molecule has 0 amide bonds. The Balaban J connectivity index is 3.10. The van der Waals surface area contributed by atoms with E-state index in [0.717, 1.165) is 16.6 Å². The number of aromatic nitrogens is 1. The molecule has 16 heavy (non-hydrogen) atoms. The van der Waals surface area contributed by atoms with Gasteiger partial charge in [0.15, 0.2) is 0 Å². The van der Waals surface area contributed by atoms with Gasteiger partial charge >= 0.3 is 0 Å². The van der Waals surface area contributed by atoms with E-state index in [2.05, 4.69) is 37.9 Å². The van der Waals surface area contributed by atoms with Crippen molar-refractivity contribution >= 4 is 42.8 Å². The van der Waals surface area contributed by atoms with Crippen molar-refractivity contribution in [3.63, 3.8) is 0 Å². The zero-order chi connectivity index (χ0) is 12.0. The van der Waals surface area contributed by atoms with E-state index in [0.29, 0.717) is 14.5 Å². The summed E-state index contributed by atoms with van der Waals surface area (Å²) in [6, 6.07) is 3.98. The van der Waals surface area contributed by atoms with Crippen molar-refractivity contribution in [1.29, 1.82) is 5.26 Å². The van der Waals surface area contributed by atoms with Gasteiger partial charge < -0.3 is 9.67 Å². The van der Waals surface area contributed by atoms with E-state index in [-0.39, 0.29) is 5.75 Å². The number of aromatic hydroxyl groups is 1. The molecule has 2 aromatic rings. The van der Waals surface area contributed by atoms with Crippen LogP contribution in [0.1, 0.15) is 11.3 Å². The fourth-order valence-corrected chi connectivity index (χ4v) is 3.06. The molecule has 0 atom stereocenters. The number of hydrogen-bond acceptors (Lipinski definition) is 2. The third-order valence-electron chi connectivity index (χ3n) is 2.76. The normalized spacial score (nSPS) is 10.7. The lowest BCUT2D eigenvalue weighted by Gasteiger charge is -2.03. The van der Waals surface area contributed by atoms with Gasteiger partial charge in [-0.25, -0.2) is 0 Å². The summed E-state index contributed by atoms with van der Waals surface area (Å²) in [5, 5.41) is 19.7. The van der Waals surface area contributed by atoms with E-state index in [4.69, 9.17) is 5.26 Å². The van der Waals surface area contributed by atoms with Gasteiger partial charge in [0.1, 0.15) is 11.8 Å². The zero-order valence-electron chi connectivity index (χ0n) is 8.67. The minimum Gasteiger partial charge on any atom is -0.506 e. The van der Waals surface area contributed by atoms with Gasteiger partial charge in [-0.2, -0.15) is 5.26 Å². The zero-order valence-corrected chi connectivity index (χ0v) is 11.8. The molecular weight excluding hydrogens is 336 g/mol. The smallest absolute Gasteiger partial charge is 0.144 e. The van der Waals surface area contributed by atoms with E-state index < -0.39 is 0 Å². The molecule has 2 rings (SSSR count). The summed E-state index contributed by atoms with van der Waals surface area (Å²) in [6.45, 7) is 1.88. The lowest BCUT2D eigenvalue weighted by Crippen LogP contribution is -1.90. The highest BCUT2D eigenvalue weighted by atomic mass is 79.9. The maximum absolute atomic E-state index is 9.81.